The number of nitrogens with zero attached hydrogens (tertiary/aromatic N) is 2. The lowest BCUT2D eigenvalue weighted by Crippen LogP contribution is -1.97. The van der Waals surface area contributed by atoms with Crippen LogP contribution < -0.4 is 4.74 Å². The predicted octanol–water partition coefficient (Wildman–Crippen LogP) is 3.16. The van der Waals surface area contributed by atoms with E-state index in [1.54, 1.807) is 24.3 Å². The molecule has 0 bridgehead atoms. The molecule has 0 unspecified atom stereocenters. The van der Waals surface area contributed by atoms with Crippen molar-refractivity contribution in [3.05, 3.63) is 34.9 Å². The molecule has 3 nitrogen and oxygen atoms in total. The molecule has 16 heavy (non-hydrogen) atoms. The van der Waals surface area contributed by atoms with Gasteiger partial charge in [0.15, 0.2) is 0 Å². The molecule has 0 atom stereocenters. The van der Waals surface area contributed by atoms with Crippen molar-refractivity contribution in [2.45, 2.75) is 6.92 Å². The third-order valence-corrected chi connectivity index (χ3v) is 2.38. The second-order valence-electron chi connectivity index (χ2n) is 3.22. The van der Waals surface area contributed by atoms with Crippen molar-refractivity contribution in [1.82, 2.24) is 4.98 Å². The summed E-state index contributed by atoms with van der Waals surface area (Å²) in [5, 5.41) is 10.4. The summed E-state index contributed by atoms with van der Waals surface area (Å²) in [5.74, 6) is 0.375. The van der Waals surface area contributed by atoms with Gasteiger partial charge in [-0.1, -0.05) is 11.6 Å². The molecule has 0 aliphatic carbocycles. The maximum absolute atomic E-state index is 8.97. The van der Waals surface area contributed by atoms with E-state index in [0.717, 1.165) is 10.9 Å². The van der Waals surface area contributed by atoms with Gasteiger partial charge in [-0.2, -0.15) is 5.26 Å². The number of fused-ring (bicyclic) bond motifs is 1. The van der Waals surface area contributed by atoms with Crippen LogP contribution >= 0.6 is 11.6 Å². The highest BCUT2D eigenvalue weighted by atomic mass is 35.5. The van der Waals surface area contributed by atoms with Gasteiger partial charge in [0.2, 0.25) is 5.88 Å². The minimum Gasteiger partial charge on any atom is -0.477 e. The molecule has 0 radical (unpaired) electrons. The minimum absolute atomic E-state index is 0.375. The largest absolute Gasteiger partial charge is 0.477 e. The Bertz CT molecular complexity index is 575. The first kappa shape index (κ1) is 10.7. The number of hydrogen-bond acceptors (Lipinski definition) is 3. The van der Waals surface area contributed by atoms with Crippen molar-refractivity contribution >= 4 is 22.5 Å². The van der Waals surface area contributed by atoms with Crippen LogP contribution in [-0.4, -0.2) is 11.6 Å². The summed E-state index contributed by atoms with van der Waals surface area (Å²) < 4.78 is 5.30. The van der Waals surface area contributed by atoms with Crippen LogP contribution in [0.15, 0.2) is 24.3 Å². The van der Waals surface area contributed by atoms with Crippen LogP contribution in [0.25, 0.3) is 10.9 Å². The van der Waals surface area contributed by atoms with Gasteiger partial charge in [0.05, 0.1) is 12.1 Å². The van der Waals surface area contributed by atoms with Gasteiger partial charge in [-0.3, -0.25) is 0 Å². The van der Waals surface area contributed by atoms with Crippen LogP contribution in [0.2, 0.25) is 5.02 Å². The van der Waals surface area contributed by atoms with Gasteiger partial charge < -0.3 is 4.74 Å². The van der Waals surface area contributed by atoms with Gasteiger partial charge in [-0.05, 0) is 31.2 Å². The van der Waals surface area contributed by atoms with Crippen LogP contribution in [0.5, 0.6) is 5.88 Å². The summed E-state index contributed by atoms with van der Waals surface area (Å²) >= 11 is 5.87. The molecular weight excluding hydrogens is 224 g/mol. The summed E-state index contributed by atoms with van der Waals surface area (Å²) in [4.78, 5) is 4.27. The Morgan fingerprint density at radius 3 is 2.94 bits per heavy atom. The van der Waals surface area contributed by atoms with Crippen molar-refractivity contribution in [3.63, 3.8) is 0 Å². The number of halogens is 1. The number of hydrogen-bond donors (Lipinski definition) is 0. The molecule has 4 heteroatoms. The van der Waals surface area contributed by atoms with Crippen molar-refractivity contribution < 1.29 is 4.74 Å². The van der Waals surface area contributed by atoms with Gasteiger partial charge in [-0.25, -0.2) is 4.98 Å². The zero-order valence-corrected chi connectivity index (χ0v) is 9.45. The monoisotopic (exact) mass is 232 g/mol. The standard InChI is InChI=1S/C12H9ClN2O/c1-2-16-12-9(7-14)5-8-6-10(13)3-4-11(8)15-12/h3-6H,2H2,1H3. The summed E-state index contributed by atoms with van der Waals surface area (Å²) in [6.07, 6.45) is 0. The lowest BCUT2D eigenvalue weighted by molar-refractivity contribution is 0.327. The lowest BCUT2D eigenvalue weighted by atomic mass is 10.1. The average Bonchev–Trinajstić information content (AvgIpc) is 2.29. The number of aromatic nitrogens is 1. The normalized spacial score (nSPS) is 10.1. The first-order chi connectivity index (χ1) is 7.74. The SMILES string of the molecule is CCOc1nc2ccc(Cl)cc2cc1C#N. The Morgan fingerprint density at radius 2 is 2.25 bits per heavy atom. The number of nitriles is 1. The Labute approximate surface area is 98.2 Å². The Balaban J connectivity index is 2.66. The topological polar surface area (TPSA) is 45.9 Å². The van der Waals surface area contributed by atoms with E-state index in [-0.39, 0.29) is 0 Å². The van der Waals surface area contributed by atoms with Gasteiger partial charge in [0.1, 0.15) is 11.6 Å². The smallest absolute Gasteiger partial charge is 0.232 e. The maximum Gasteiger partial charge on any atom is 0.232 e. The summed E-state index contributed by atoms with van der Waals surface area (Å²) in [6.45, 7) is 2.34. The van der Waals surface area contributed by atoms with Gasteiger partial charge in [0, 0.05) is 10.4 Å². The molecule has 0 saturated carbocycles. The van der Waals surface area contributed by atoms with E-state index in [1.807, 2.05) is 6.92 Å². The molecule has 80 valence electrons. The fourth-order valence-corrected chi connectivity index (χ4v) is 1.64. The van der Waals surface area contributed by atoms with E-state index in [2.05, 4.69) is 11.1 Å². The van der Waals surface area contributed by atoms with Crippen molar-refractivity contribution in [2.24, 2.45) is 0 Å². The lowest BCUT2D eigenvalue weighted by Gasteiger charge is -2.06. The summed E-state index contributed by atoms with van der Waals surface area (Å²) in [6, 6.07) is 9.14. The highest BCUT2D eigenvalue weighted by molar-refractivity contribution is 6.31. The highest BCUT2D eigenvalue weighted by Crippen LogP contribution is 2.24. The summed E-state index contributed by atoms with van der Waals surface area (Å²) in [7, 11) is 0. The molecule has 0 spiro atoms. The molecule has 1 heterocycles. The van der Waals surface area contributed by atoms with Gasteiger partial charge >= 0.3 is 0 Å². The summed E-state index contributed by atoms with van der Waals surface area (Å²) in [5.41, 5.74) is 1.20. The van der Waals surface area contributed by atoms with E-state index < -0.39 is 0 Å². The third kappa shape index (κ3) is 1.93. The first-order valence-electron chi connectivity index (χ1n) is 4.88. The quantitative estimate of drug-likeness (QED) is 0.799. The van der Waals surface area contributed by atoms with Crippen molar-refractivity contribution in [1.29, 1.82) is 5.26 Å². The zero-order valence-electron chi connectivity index (χ0n) is 8.70. The van der Waals surface area contributed by atoms with Crippen LogP contribution in [0, 0.1) is 11.3 Å². The second-order valence-corrected chi connectivity index (χ2v) is 3.66. The second kappa shape index (κ2) is 4.38. The Kier molecular flexibility index (Phi) is 2.93. The predicted molar refractivity (Wildman–Crippen MR) is 62.6 cm³/mol. The fraction of sp³-hybridized carbons (Fsp3) is 0.167. The van der Waals surface area contributed by atoms with E-state index in [0.29, 0.717) is 23.1 Å². The minimum atomic E-state index is 0.375. The number of benzene rings is 1. The molecule has 0 amide bonds. The first-order valence-corrected chi connectivity index (χ1v) is 5.25. The van der Waals surface area contributed by atoms with Crippen LogP contribution in [0.1, 0.15) is 12.5 Å². The van der Waals surface area contributed by atoms with Gasteiger partial charge in [0.25, 0.3) is 0 Å². The van der Waals surface area contributed by atoms with E-state index in [1.165, 1.54) is 0 Å². The highest BCUT2D eigenvalue weighted by Gasteiger charge is 2.07. The molecule has 0 saturated heterocycles. The van der Waals surface area contributed by atoms with E-state index in [9.17, 15) is 0 Å². The van der Waals surface area contributed by atoms with E-state index >= 15 is 0 Å². The maximum atomic E-state index is 8.97. The van der Waals surface area contributed by atoms with Crippen molar-refractivity contribution in [3.8, 4) is 11.9 Å². The third-order valence-electron chi connectivity index (χ3n) is 2.14. The number of rotatable bonds is 2. The van der Waals surface area contributed by atoms with Gasteiger partial charge in [-0.15, -0.1) is 0 Å². The van der Waals surface area contributed by atoms with Crippen molar-refractivity contribution in [2.75, 3.05) is 6.61 Å². The molecule has 0 aliphatic heterocycles. The number of pyridine rings is 1. The zero-order chi connectivity index (χ0) is 11.5. The van der Waals surface area contributed by atoms with Crippen LogP contribution in [0.3, 0.4) is 0 Å². The molecule has 2 rings (SSSR count). The van der Waals surface area contributed by atoms with Crippen LogP contribution in [-0.2, 0) is 0 Å². The average molecular weight is 233 g/mol. The number of ether oxygens (including phenoxy) is 1. The fourth-order valence-electron chi connectivity index (χ4n) is 1.46. The molecule has 1 aromatic carbocycles. The van der Waals surface area contributed by atoms with E-state index in [4.69, 9.17) is 21.6 Å². The molecule has 1 aromatic heterocycles. The molecule has 2 aromatic rings. The Morgan fingerprint density at radius 1 is 1.44 bits per heavy atom. The molecule has 0 fully saturated rings. The molecular formula is C12H9ClN2O. The Hall–Kier alpha value is -1.79. The van der Waals surface area contributed by atoms with Crippen LogP contribution in [0.4, 0.5) is 0 Å². The molecule has 0 N–H and O–H groups in total. The molecule has 0 aliphatic rings.